The van der Waals surface area contributed by atoms with E-state index in [0.717, 1.165) is 5.56 Å². The molecular weight excluding hydrogens is 318 g/mol. The quantitative estimate of drug-likeness (QED) is 0.671. The van der Waals surface area contributed by atoms with Crippen LogP contribution in [0.3, 0.4) is 0 Å². The van der Waals surface area contributed by atoms with Crippen LogP contribution in [-0.2, 0) is 9.59 Å². The van der Waals surface area contributed by atoms with Crippen LogP contribution >= 0.6 is 0 Å². The first kappa shape index (κ1) is 18.5. The van der Waals surface area contributed by atoms with Gasteiger partial charge in [-0.2, -0.15) is 0 Å². The van der Waals surface area contributed by atoms with Crippen molar-refractivity contribution in [1.29, 1.82) is 0 Å². The molecule has 0 aliphatic rings. The lowest BCUT2D eigenvalue weighted by Gasteiger charge is -2.17. The van der Waals surface area contributed by atoms with Gasteiger partial charge in [0.15, 0.2) is 12.6 Å². The zero-order valence-electron chi connectivity index (χ0n) is 14.5. The van der Waals surface area contributed by atoms with E-state index in [1.807, 2.05) is 55.5 Å². The Hall–Kier alpha value is -2.86. The fourth-order valence-electron chi connectivity index (χ4n) is 2.44. The molecule has 1 atom stereocenters. The number of benzene rings is 2. The zero-order valence-corrected chi connectivity index (χ0v) is 14.5. The molecule has 25 heavy (non-hydrogen) atoms. The van der Waals surface area contributed by atoms with Crippen LogP contribution in [-0.4, -0.2) is 32.0 Å². The Kier molecular flexibility index (Phi) is 6.98. The smallest absolute Gasteiger partial charge is 0.287 e. The minimum atomic E-state index is -0.534. The first-order valence-corrected chi connectivity index (χ1v) is 8.27. The third-order valence-electron chi connectivity index (χ3n) is 3.70. The highest BCUT2D eigenvalue weighted by atomic mass is 16.5. The molecule has 2 aromatic carbocycles. The first-order chi connectivity index (χ1) is 12.2. The van der Waals surface area contributed by atoms with Gasteiger partial charge in [-0.05, 0) is 19.1 Å². The van der Waals surface area contributed by atoms with Crippen LogP contribution in [0.15, 0.2) is 54.6 Å². The van der Waals surface area contributed by atoms with Crippen molar-refractivity contribution in [2.75, 3.05) is 25.5 Å². The van der Waals surface area contributed by atoms with Gasteiger partial charge in [0.05, 0.1) is 12.3 Å². The van der Waals surface area contributed by atoms with Crippen molar-refractivity contribution in [3.05, 3.63) is 60.2 Å². The predicted molar refractivity (Wildman–Crippen MR) is 96.3 cm³/mol. The highest BCUT2D eigenvalue weighted by Crippen LogP contribution is 2.24. The van der Waals surface area contributed by atoms with Gasteiger partial charge in [0.1, 0.15) is 5.75 Å². The van der Waals surface area contributed by atoms with Gasteiger partial charge in [-0.1, -0.05) is 42.5 Å². The van der Waals surface area contributed by atoms with Crippen molar-refractivity contribution in [2.24, 2.45) is 0 Å². The molecule has 2 aromatic rings. The van der Waals surface area contributed by atoms with E-state index in [2.05, 4.69) is 10.6 Å². The summed E-state index contributed by atoms with van der Waals surface area (Å²) in [5.41, 5.74) is 1.45. The molecule has 0 aromatic heterocycles. The molecule has 0 saturated carbocycles. The topological polar surface area (TPSA) is 84.0 Å². The van der Waals surface area contributed by atoms with Crippen molar-refractivity contribution < 1.29 is 19.6 Å². The van der Waals surface area contributed by atoms with Gasteiger partial charge in [0.25, 0.3) is 11.8 Å². The van der Waals surface area contributed by atoms with E-state index in [0.29, 0.717) is 18.0 Å². The molecule has 0 saturated heterocycles. The van der Waals surface area contributed by atoms with Crippen LogP contribution in [0, 0.1) is 0 Å². The van der Waals surface area contributed by atoms with Gasteiger partial charge < -0.3 is 20.7 Å². The lowest BCUT2D eigenvalue weighted by Crippen LogP contribution is -2.89. The van der Waals surface area contributed by atoms with E-state index in [1.54, 1.807) is 18.4 Å². The van der Waals surface area contributed by atoms with Gasteiger partial charge in [-0.3, -0.25) is 9.59 Å². The van der Waals surface area contributed by atoms with E-state index >= 15 is 0 Å². The average Bonchev–Trinajstić information content (AvgIpc) is 2.64. The number of likely N-dealkylation sites (N-methyl/N-ethyl adjacent to an activating group) is 1. The normalized spacial score (nSPS) is 11.4. The van der Waals surface area contributed by atoms with Gasteiger partial charge in [0.2, 0.25) is 0 Å². The maximum atomic E-state index is 12.8. The summed E-state index contributed by atoms with van der Waals surface area (Å²) in [4.78, 5) is 24.4. The highest BCUT2D eigenvalue weighted by Gasteiger charge is 2.25. The largest absolute Gasteiger partial charge is 0.492 e. The van der Waals surface area contributed by atoms with Gasteiger partial charge in [-0.15, -0.1) is 0 Å². The van der Waals surface area contributed by atoms with E-state index < -0.39 is 6.04 Å². The summed E-state index contributed by atoms with van der Waals surface area (Å²) >= 11 is 0. The van der Waals surface area contributed by atoms with Crippen molar-refractivity contribution in [3.8, 4) is 5.75 Å². The average molecular weight is 342 g/mol. The number of ether oxygens (including phenoxy) is 1. The number of anilines is 1. The lowest BCUT2D eigenvalue weighted by atomic mass is 10.1. The summed E-state index contributed by atoms with van der Waals surface area (Å²) in [7, 11) is 1.58. The van der Waals surface area contributed by atoms with Crippen LogP contribution in [0.2, 0.25) is 0 Å². The molecule has 2 rings (SSSR count). The molecule has 0 aliphatic carbocycles. The zero-order chi connectivity index (χ0) is 18.1. The maximum Gasteiger partial charge on any atom is 0.287 e. The second-order valence-corrected chi connectivity index (χ2v) is 5.42. The number of rotatable bonds is 8. The van der Waals surface area contributed by atoms with E-state index in [-0.39, 0.29) is 18.4 Å². The Morgan fingerprint density at radius 1 is 1.08 bits per heavy atom. The van der Waals surface area contributed by atoms with Gasteiger partial charge in [-0.25, -0.2) is 0 Å². The van der Waals surface area contributed by atoms with Crippen molar-refractivity contribution in [2.45, 2.75) is 13.0 Å². The minimum absolute atomic E-state index is 0.136. The summed E-state index contributed by atoms with van der Waals surface area (Å²) < 4.78 is 5.55. The number of para-hydroxylation sites is 2. The molecule has 0 radical (unpaired) electrons. The number of hydrogen-bond donors (Lipinski definition) is 3. The fourth-order valence-corrected chi connectivity index (χ4v) is 2.44. The number of nitrogens with two attached hydrogens (primary N) is 1. The second kappa shape index (κ2) is 9.44. The monoisotopic (exact) mass is 342 g/mol. The first-order valence-electron chi connectivity index (χ1n) is 8.27. The molecule has 132 valence electrons. The third-order valence-corrected chi connectivity index (χ3v) is 3.70. The van der Waals surface area contributed by atoms with Crippen LogP contribution in [0.1, 0.15) is 18.5 Å². The molecular formula is C19H24N3O3+. The summed E-state index contributed by atoms with van der Waals surface area (Å²) in [5, 5.41) is 7.19. The third kappa shape index (κ3) is 5.32. The van der Waals surface area contributed by atoms with E-state index in [9.17, 15) is 9.59 Å². The number of quaternary nitrogens is 1. The van der Waals surface area contributed by atoms with Crippen molar-refractivity contribution >= 4 is 17.5 Å². The molecule has 6 heteroatoms. The molecule has 2 amide bonds. The Labute approximate surface area is 147 Å². The van der Waals surface area contributed by atoms with E-state index in [1.165, 1.54) is 0 Å². The van der Waals surface area contributed by atoms with E-state index in [4.69, 9.17) is 4.74 Å². The van der Waals surface area contributed by atoms with Crippen LogP contribution in [0.4, 0.5) is 5.69 Å². The Bertz CT molecular complexity index is 704. The van der Waals surface area contributed by atoms with Crippen molar-refractivity contribution in [1.82, 2.24) is 5.32 Å². The lowest BCUT2D eigenvalue weighted by molar-refractivity contribution is -0.672. The molecule has 0 aliphatic heterocycles. The molecule has 0 spiro atoms. The summed E-state index contributed by atoms with van der Waals surface area (Å²) in [6.45, 7) is 2.57. The molecule has 0 unspecified atom stereocenters. The van der Waals surface area contributed by atoms with Crippen LogP contribution in [0.25, 0.3) is 0 Å². The summed E-state index contributed by atoms with van der Waals surface area (Å²) in [5.74, 6) is 0.280. The molecule has 0 heterocycles. The van der Waals surface area contributed by atoms with Crippen molar-refractivity contribution in [3.63, 3.8) is 0 Å². The van der Waals surface area contributed by atoms with Gasteiger partial charge in [0, 0.05) is 12.6 Å². The standard InChI is InChI=1S/C19H23N3O3/c1-3-25-16-12-8-7-11-15(16)22-19(24)18(21-13-17(23)20-2)14-9-5-4-6-10-14/h4-12,18,21H,3,13H2,1-2H3,(H,20,23)(H,22,24)/p+1/t18-/m1/s1. The predicted octanol–water partition coefficient (Wildman–Crippen LogP) is 1.07. The Morgan fingerprint density at radius 3 is 2.44 bits per heavy atom. The van der Waals surface area contributed by atoms with Crippen LogP contribution in [0.5, 0.6) is 5.75 Å². The SMILES string of the molecule is CCOc1ccccc1NC(=O)[C@H]([NH2+]CC(=O)NC)c1ccccc1. The number of nitrogens with one attached hydrogen (secondary N) is 2. The van der Waals surface area contributed by atoms with Gasteiger partial charge >= 0.3 is 0 Å². The summed E-state index contributed by atoms with van der Waals surface area (Å²) in [6, 6.07) is 16.1. The fraction of sp³-hybridized carbons (Fsp3) is 0.263. The van der Waals surface area contributed by atoms with Crippen LogP contribution < -0.4 is 20.7 Å². The minimum Gasteiger partial charge on any atom is -0.492 e. The number of hydrogen-bond acceptors (Lipinski definition) is 3. The maximum absolute atomic E-state index is 12.8. The molecule has 0 fully saturated rings. The highest BCUT2D eigenvalue weighted by molar-refractivity contribution is 5.95. The number of carbonyl (C=O) groups excluding carboxylic acids is 2. The Morgan fingerprint density at radius 2 is 1.76 bits per heavy atom. The number of carbonyl (C=O) groups is 2. The number of amides is 2. The Balaban J connectivity index is 2.19. The molecule has 4 N–H and O–H groups in total. The molecule has 6 nitrogen and oxygen atoms in total. The molecule has 0 bridgehead atoms. The summed E-state index contributed by atoms with van der Waals surface area (Å²) in [6.07, 6.45) is 0. The second-order valence-electron chi connectivity index (χ2n) is 5.42.